The molecule has 188 valence electrons. The highest BCUT2D eigenvalue weighted by Gasteiger charge is 2.32. The number of aromatic nitrogens is 3. The van der Waals surface area contributed by atoms with Gasteiger partial charge >= 0.3 is 0 Å². The molecule has 0 atom stereocenters. The van der Waals surface area contributed by atoms with E-state index in [1.54, 1.807) is 29.9 Å². The third-order valence-corrected chi connectivity index (χ3v) is 7.84. The van der Waals surface area contributed by atoms with Gasteiger partial charge in [0.25, 0.3) is 10.0 Å². The standard InChI is InChI=1S/C25H18F2N4O4S2/c1-34-23-11-19(20-10-17(26)14-29-25(20)35-2)21(27)12-22(23)31(24-6-8-36-30-24)37(32,33)18-4-3-16-13-28-7-5-15(16)9-18/h3-14H,1-2H3. The smallest absolute Gasteiger partial charge is 0.270 e. The number of ether oxygens (including phenoxy) is 2. The van der Waals surface area contributed by atoms with E-state index in [4.69, 9.17) is 9.47 Å². The van der Waals surface area contributed by atoms with Crippen LogP contribution in [0.25, 0.3) is 21.9 Å². The quantitative estimate of drug-likeness (QED) is 0.266. The predicted molar refractivity (Wildman–Crippen MR) is 136 cm³/mol. The molecule has 0 radical (unpaired) electrons. The number of rotatable bonds is 7. The van der Waals surface area contributed by atoms with Gasteiger partial charge in [0, 0.05) is 40.4 Å². The number of sulfonamides is 1. The molecule has 0 spiro atoms. The average molecular weight is 541 g/mol. The monoisotopic (exact) mass is 540 g/mol. The van der Waals surface area contributed by atoms with Crippen LogP contribution in [-0.4, -0.2) is 37.0 Å². The summed E-state index contributed by atoms with van der Waals surface area (Å²) in [6.45, 7) is 0. The maximum absolute atomic E-state index is 15.6. The Labute approximate surface area is 215 Å². The van der Waals surface area contributed by atoms with Crippen molar-refractivity contribution in [2.75, 3.05) is 18.5 Å². The normalized spacial score (nSPS) is 11.5. The summed E-state index contributed by atoms with van der Waals surface area (Å²) < 4.78 is 73.3. The number of halogens is 2. The summed E-state index contributed by atoms with van der Waals surface area (Å²) in [5.74, 6) is -1.50. The van der Waals surface area contributed by atoms with Crippen LogP contribution >= 0.6 is 11.5 Å². The molecule has 3 aromatic heterocycles. The van der Waals surface area contributed by atoms with Crippen LogP contribution < -0.4 is 13.8 Å². The van der Waals surface area contributed by atoms with Crippen LogP contribution in [0.2, 0.25) is 0 Å². The van der Waals surface area contributed by atoms with Crippen molar-refractivity contribution in [2.45, 2.75) is 4.90 Å². The summed E-state index contributed by atoms with van der Waals surface area (Å²) in [6, 6.07) is 11.1. The molecule has 0 aliphatic rings. The van der Waals surface area contributed by atoms with Crippen LogP contribution in [0.3, 0.4) is 0 Å². The predicted octanol–water partition coefficient (Wildman–Crippen LogP) is 5.58. The molecule has 0 aliphatic carbocycles. The van der Waals surface area contributed by atoms with E-state index in [-0.39, 0.29) is 39.2 Å². The van der Waals surface area contributed by atoms with Gasteiger partial charge in [-0.1, -0.05) is 6.07 Å². The Kier molecular flexibility index (Phi) is 6.44. The molecule has 0 amide bonds. The Morgan fingerprint density at radius 2 is 1.76 bits per heavy atom. The third-order valence-electron chi connectivity index (χ3n) is 5.57. The fourth-order valence-electron chi connectivity index (χ4n) is 3.87. The highest BCUT2D eigenvalue weighted by molar-refractivity contribution is 7.93. The summed E-state index contributed by atoms with van der Waals surface area (Å²) >= 11 is 1.04. The molecule has 0 saturated carbocycles. The third kappa shape index (κ3) is 4.45. The van der Waals surface area contributed by atoms with Gasteiger partial charge in [-0.3, -0.25) is 4.98 Å². The van der Waals surface area contributed by atoms with E-state index < -0.39 is 21.7 Å². The van der Waals surface area contributed by atoms with Crippen molar-refractivity contribution in [1.29, 1.82) is 0 Å². The van der Waals surface area contributed by atoms with Crippen LogP contribution in [0, 0.1) is 11.6 Å². The van der Waals surface area contributed by atoms with E-state index in [2.05, 4.69) is 14.3 Å². The van der Waals surface area contributed by atoms with Crippen molar-refractivity contribution < 1.29 is 26.7 Å². The van der Waals surface area contributed by atoms with Crippen molar-refractivity contribution in [2.24, 2.45) is 0 Å². The molecule has 12 heteroatoms. The lowest BCUT2D eigenvalue weighted by atomic mass is 10.0. The number of anilines is 2. The molecule has 5 aromatic rings. The first kappa shape index (κ1) is 24.5. The van der Waals surface area contributed by atoms with E-state index in [0.29, 0.717) is 5.39 Å². The molecule has 0 fully saturated rings. The first-order valence-corrected chi connectivity index (χ1v) is 13.0. The van der Waals surface area contributed by atoms with Crippen LogP contribution in [0.4, 0.5) is 20.3 Å². The number of pyridine rings is 2. The van der Waals surface area contributed by atoms with Gasteiger partial charge in [-0.2, -0.15) is 4.37 Å². The lowest BCUT2D eigenvalue weighted by Gasteiger charge is -2.25. The van der Waals surface area contributed by atoms with Gasteiger partial charge in [-0.05, 0) is 53.3 Å². The lowest BCUT2D eigenvalue weighted by Crippen LogP contribution is -2.27. The minimum Gasteiger partial charge on any atom is -0.495 e. The van der Waals surface area contributed by atoms with Gasteiger partial charge < -0.3 is 9.47 Å². The fraction of sp³-hybridized carbons (Fsp3) is 0.0800. The first-order valence-electron chi connectivity index (χ1n) is 10.7. The molecule has 2 aromatic carbocycles. The van der Waals surface area contributed by atoms with Gasteiger partial charge in [0.15, 0.2) is 5.82 Å². The van der Waals surface area contributed by atoms with Crippen LogP contribution in [0.1, 0.15) is 0 Å². The van der Waals surface area contributed by atoms with E-state index in [0.717, 1.165) is 39.6 Å². The van der Waals surface area contributed by atoms with Crippen LogP contribution in [0.15, 0.2) is 77.4 Å². The molecule has 8 nitrogen and oxygen atoms in total. The zero-order valence-electron chi connectivity index (χ0n) is 19.4. The summed E-state index contributed by atoms with van der Waals surface area (Å²) in [6.07, 6.45) is 4.13. The molecular weight excluding hydrogens is 522 g/mol. The summed E-state index contributed by atoms with van der Waals surface area (Å²) in [4.78, 5) is 7.86. The second kappa shape index (κ2) is 9.71. The second-order valence-corrected chi connectivity index (χ2v) is 10.2. The van der Waals surface area contributed by atoms with Gasteiger partial charge in [-0.25, -0.2) is 26.5 Å². The van der Waals surface area contributed by atoms with Crippen molar-refractivity contribution in [3.63, 3.8) is 0 Å². The first-order chi connectivity index (χ1) is 17.8. The molecule has 0 aliphatic heterocycles. The van der Waals surface area contributed by atoms with Gasteiger partial charge in [0.05, 0.1) is 25.3 Å². The van der Waals surface area contributed by atoms with Gasteiger partial charge in [0.1, 0.15) is 23.1 Å². The zero-order chi connectivity index (χ0) is 26.2. The molecule has 0 bridgehead atoms. The average Bonchev–Trinajstić information content (AvgIpc) is 3.42. The van der Waals surface area contributed by atoms with E-state index >= 15 is 4.39 Å². The number of fused-ring (bicyclic) bond motifs is 1. The van der Waals surface area contributed by atoms with Crippen molar-refractivity contribution in [3.8, 4) is 22.8 Å². The van der Waals surface area contributed by atoms with Crippen molar-refractivity contribution >= 4 is 43.8 Å². The highest BCUT2D eigenvalue weighted by Crippen LogP contribution is 2.43. The minimum atomic E-state index is -4.30. The molecule has 0 saturated heterocycles. The van der Waals surface area contributed by atoms with Crippen molar-refractivity contribution in [1.82, 2.24) is 14.3 Å². The molecule has 5 rings (SSSR count). The molecule has 37 heavy (non-hydrogen) atoms. The maximum Gasteiger partial charge on any atom is 0.270 e. The van der Waals surface area contributed by atoms with Crippen LogP contribution in [-0.2, 0) is 10.0 Å². The fourth-order valence-corrected chi connectivity index (χ4v) is 5.89. The topological polar surface area (TPSA) is 94.5 Å². The number of hydrogen-bond acceptors (Lipinski definition) is 8. The second-order valence-electron chi connectivity index (χ2n) is 7.73. The molecule has 0 N–H and O–H groups in total. The van der Waals surface area contributed by atoms with Crippen molar-refractivity contribution in [3.05, 3.63) is 84.1 Å². The van der Waals surface area contributed by atoms with E-state index in [9.17, 15) is 12.8 Å². The Hall–Kier alpha value is -4.16. The largest absolute Gasteiger partial charge is 0.495 e. The van der Waals surface area contributed by atoms with E-state index in [1.165, 1.54) is 38.5 Å². The minimum absolute atomic E-state index is 0.00396. The lowest BCUT2D eigenvalue weighted by molar-refractivity contribution is 0.397. The summed E-state index contributed by atoms with van der Waals surface area (Å²) in [5.41, 5.74) is -0.165. The highest BCUT2D eigenvalue weighted by atomic mass is 32.2. The summed E-state index contributed by atoms with van der Waals surface area (Å²) in [5, 5.41) is 3.02. The number of benzene rings is 2. The Balaban J connectivity index is 1.72. The zero-order valence-corrected chi connectivity index (χ0v) is 21.1. The Morgan fingerprint density at radius 1 is 0.919 bits per heavy atom. The van der Waals surface area contributed by atoms with Gasteiger partial charge in [0.2, 0.25) is 5.88 Å². The van der Waals surface area contributed by atoms with E-state index in [1.807, 2.05) is 0 Å². The van der Waals surface area contributed by atoms with Crippen LogP contribution in [0.5, 0.6) is 11.6 Å². The summed E-state index contributed by atoms with van der Waals surface area (Å²) in [7, 11) is -1.66. The number of hydrogen-bond donors (Lipinski definition) is 0. The Morgan fingerprint density at radius 3 is 2.49 bits per heavy atom. The van der Waals surface area contributed by atoms with Gasteiger partial charge in [-0.15, -0.1) is 0 Å². The number of methoxy groups -OCH3 is 2. The molecular formula is C25H18F2N4O4S2. The number of nitrogens with zero attached hydrogens (tertiary/aromatic N) is 4. The molecule has 3 heterocycles. The molecule has 0 unspecified atom stereocenters. The Bertz CT molecular complexity index is 1710. The SMILES string of the molecule is COc1cc(-c2cc(F)cnc2OC)c(F)cc1N(c1ccsn1)S(=O)(=O)c1ccc2cnccc2c1. The maximum atomic E-state index is 15.6.